The number of hydrogen-bond acceptors (Lipinski definition) is 4. The van der Waals surface area contributed by atoms with Gasteiger partial charge in [-0.1, -0.05) is 0 Å². The van der Waals surface area contributed by atoms with Crippen LogP contribution in [-0.2, 0) is 24.0 Å². The Morgan fingerprint density at radius 2 is 2.04 bits per heavy atom. The second kappa shape index (κ2) is 12.2. The van der Waals surface area contributed by atoms with Crippen molar-refractivity contribution in [3.63, 3.8) is 0 Å². The Labute approximate surface area is 185 Å². The zero-order chi connectivity index (χ0) is 18.2. The smallest absolute Gasteiger partial charge is 0.193 e. The van der Waals surface area contributed by atoms with Crippen LogP contribution in [0.5, 0.6) is 0 Å². The molecule has 1 aliphatic carbocycles. The minimum absolute atomic E-state index is 0. The van der Waals surface area contributed by atoms with Crippen LogP contribution in [0.2, 0.25) is 0 Å². The summed E-state index contributed by atoms with van der Waals surface area (Å²) in [5.41, 5.74) is 1.38. The standard InChI is InChI=1S/C20H34N4OS.HI/c1-3-21-20(24-14-11-16(12-15-24)25-4-2)22-13-7-10-19-23-17-8-5-6-9-18(17)26-19;/h16H,3-15H2,1-2H3,(H,21,22);1H. The second-order valence-electron chi connectivity index (χ2n) is 7.17. The summed E-state index contributed by atoms with van der Waals surface area (Å²) < 4.78 is 5.76. The lowest BCUT2D eigenvalue weighted by Crippen LogP contribution is -2.47. The van der Waals surface area contributed by atoms with Crippen molar-refractivity contribution in [1.82, 2.24) is 15.2 Å². The van der Waals surface area contributed by atoms with Gasteiger partial charge in [-0.3, -0.25) is 4.99 Å². The predicted octanol–water partition coefficient (Wildman–Crippen LogP) is 4.04. The van der Waals surface area contributed by atoms with Gasteiger partial charge >= 0.3 is 0 Å². The minimum atomic E-state index is 0. The molecule has 0 unspecified atom stereocenters. The molecule has 0 aromatic carbocycles. The number of thiazole rings is 1. The Morgan fingerprint density at radius 3 is 2.74 bits per heavy atom. The zero-order valence-electron chi connectivity index (χ0n) is 16.8. The van der Waals surface area contributed by atoms with E-state index < -0.39 is 0 Å². The maximum absolute atomic E-state index is 5.76. The van der Waals surface area contributed by atoms with E-state index in [1.165, 1.54) is 36.4 Å². The molecule has 0 spiro atoms. The lowest BCUT2D eigenvalue weighted by Gasteiger charge is -2.34. The first-order valence-corrected chi connectivity index (χ1v) is 11.2. The molecule has 1 saturated heterocycles. The lowest BCUT2D eigenvalue weighted by atomic mass is 10.0. The van der Waals surface area contributed by atoms with Crippen molar-refractivity contribution in [2.45, 2.75) is 71.3 Å². The normalized spacial score (nSPS) is 18.1. The van der Waals surface area contributed by atoms with Crippen molar-refractivity contribution in [3.05, 3.63) is 15.6 Å². The van der Waals surface area contributed by atoms with Crippen LogP contribution in [0.25, 0.3) is 0 Å². The Balaban J connectivity index is 0.00000261. The van der Waals surface area contributed by atoms with Crippen molar-refractivity contribution in [3.8, 4) is 0 Å². The van der Waals surface area contributed by atoms with E-state index in [-0.39, 0.29) is 24.0 Å². The number of rotatable bonds is 7. The summed E-state index contributed by atoms with van der Waals surface area (Å²) in [5.74, 6) is 1.07. The predicted molar refractivity (Wildman–Crippen MR) is 125 cm³/mol. The molecule has 2 aliphatic rings. The molecule has 0 saturated carbocycles. The molecule has 3 rings (SSSR count). The van der Waals surface area contributed by atoms with E-state index in [0.717, 1.165) is 64.4 Å². The number of aliphatic imine (C=N–C) groups is 1. The topological polar surface area (TPSA) is 49.8 Å². The quantitative estimate of drug-likeness (QED) is 0.263. The van der Waals surface area contributed by atoms with Crippen LogP contribution in [0, 0.1) is 0 Å². The number of aromatic nitrogens is 1. The van der Waals surface area contributed by atoms with Gasteiger partial charge in [0.25, 0.3) is 0 Å². The summed E-state index contributed by atoms with van der Waals surface area (Å²) in [6.07, 6.45) is 9.85. The molecule has 1 aromatic heterocycles. The molecule has 2 heterocycles. The van der Waals surface area contributed by atoms with Crippen LogP contribution in [0.4, 0.5) is 0 Å². The molecule has 0 amide bonds. The first kappa shape index (κ1) is 22.9. The van der Waals surface area contributed by atoms with Crippen molar-refractivity contribution in [2.75, 3.05) is 32.8 Å². The molecule has 7 heteroatoms. The summed E-state index contributed by atoms with van der Waals surface area (Å²) in [6, 6.07) is 0. The average Bonchev–Trinajstić information content (AvgIpc) is 3.08. The van der Waals surface area contributed by atoms with Gasteiger partial charge < -0.3 is 15.0 Å². The summed E-state index contributed by atoms with van der Waals surface area (Å²) in [7, 11) is 0. The van der Waals surface area contributed by atoms with E-state index in [1.54, 1.807) is 4.88 Å². The van der Waals surface area contributed by atoms with Gasteiger partial charge in [-0.2, -0.15) is 0 Å². The highest BCUT2D eigenvalue weighted by atomic mass is 127. The molecule has 1 aliphatic heterocycles. The number of nitrogens with zero attached hydrogens (tertiary/aromatic N) is 3. The highest BCUT2D eigenvalue weighted by Crippen LogP contribution is 2.27. The molecule has 0 atom stereocenters. The Bertz CT molecular complexity index is 561. The highest BCUT2D eigenvalue weighted by molar-refractivity contribution is 14.0. The van der Waals surface area contributed by atoms with Crippen molar-refractivity contribution >= 4 is 41.3 Å². The van der Waals surface area contributed by atoms with Crippen LogP contribution in [-0.4, -0.2) is 54.7 Å². The summed E-state index contributed by atoms with van der Waals surface area (Å²) >= 11 is 1.94. The Kier molecular flexibility index (Phi) is 10.3. The van der Waals surface area contributed by atoms with Gasteiger partial charge in [-0.15, -0.1) is 35.3 Å². The number of likely N-dealkylation sites (tertiary alicyclic amines) is 1. The van der Waals surface area contributed by atoms with E-state index in [0.29, 0.717) is 6.10 Å². The molecular weight excluding hydrogens is 471 g/mol. The van der Waals surface area contributed by atoms with E-state index in [4.69, 9.17) is 14.7 Å². The fraction of sp³-hybridized carbons (Fsp3) is 0.800. The van der Waals surface area contributed by atoms with Crippen LogP contribution in [0.15, 0.2) is 4.99 Å². The van der Waals surface area contributed by atoms with Crippen LogP contribution in [0.1, 0.15) is 61.5 Å². The number of guanidine groups is 1. The maximum atomic E-state index is 5.76. The molecule has 5 nitrogen and oxygen atoms in total. The van der Waals surface area contributed by atoms with Crippen molar-refractivity contribution < 1.29 is 4.74 Å². The molecule has 1 N–H and O–H groups in total. The van der Waals surface area contributed by atoms with E-state index in [9.17, 15) is 0 Å². The molecule has 1 aromatic rings. The number of aryl methyl sites for hydroxylation is 3. The van der Waals surface area contributed by atoms with Crippen molar-refractivity contribution in [1.29, 1.82) is 0 Å². The average molecular weight is 506 g/mol. The third-order valence-electron chi connectivity index (χ3n) is 5.18. The fourth-order valence-corrected chi connectivity index (χ4v) is 5.02. The molecule has 27 heavy (non-hydrogen) atoms. The summed E-state index contributed by atoms with van der Waals surface area (Å²) in [5, 5.41) is 4.77. The highest BCUT2D eigenvalue weighted by Gasteiger charge is 2.21. The lowest BCUT2D eigenvalue weighted by molar-refractivity contribution is 0.0264. The van der Waals surface area contributed by atoms with Gasteiger partial charge in [-0.25, -0.2) is 4.98 Å². The first-order chi connectivity index (χ1) is 12.8. The van der Waals surface area contributed by atoms with Gasteiger partial charge in [0.15, 0.2) is 5.96 Å². The Morgan fingerprint density at radius 1 is 1.26 bits per heavy atom. The summed E-state index contributed by atoms with van der Waals surface area (Å²) in [4.78, 5) is 13.7. The zero-order valence-corrected chi connectivity index (χ0v) is 20.0. The van der Waals surface area contributed by atoms with Gasteiger partial charge in [0.05, 0.1) is 16.8 Å². The molecule has 0 bridgehead atoms. The SMILES string of the molecule is CCNC(=NCCCc1nc2c(s1)CCCC2)N1CCC(OCC)CC1.I. The summed E-state index contributed by atoms with van der Waals surface area (Å²) in [6.45, 7) is 8.91. The van der Waals surface area contributed by atoms with Crippen LogP contribution in [0.3, 0.4) is 0 Å². The van der Waals surface area contributed by atoms with Crippen LogP contribution < -0.4 is 5.32 Å². The molecule has 0 radical (unpaired) electrons. The number of fused-ring (bicyclic) bond motifs is 1. The monoisotopic (exact) mass is 506 g/mol. The van der Waals surface area contributed by atoms with Gasteiger partial charge in [0, 0.05) is 44.1 Å². The van der Waals surface area contributed by atoms with E-state index in [1.807, 2.05) is 11.3 Å². The van der Waals surface area contributed by atoms with E-state index in [2.05, 4.69) is 24.1 Å². The van der Waals surface area contributed by atoms with Crippen molar-refractivity contribution in [2.24, 2.45) is 4.99 Å². The second-order valence-corrected chi connectivity index (χ2v) is 8.33. The molecule has 154 valence electrons. The number of hydrogen-bond donors (Lipinski definition) is 1. The van der Waals surface area contributed by atoms with Gasteiger partial charge in [-0.05, 0) is 58.8 Å². The van der Waals surface area contributed by atoms with Gasteiger partial charge in [0.2, 0.25) is 0 Å². The minimum Gasteiger partial charge on any atom is -0.378 e. The number of ether oxygens (including phenoxy) is 1. The van der Waals surface area contributed by atoms with Gasteiger partial charge in [0.1, 0.15) is 0 Å². The molecular formula is C20H35IN4OS. The third kappa shape index (κ3) is 6.85. The maximum Gasteiger partial charge on any atom is 0.193 e. The van der Waals surface area contributed by atoms with Crippen LogP contribution >= 0.6 is 35.3 Å². The fourth-order valence-electron chi connectivity index (χ4n) is 3.82. The first-order valence-electron chi connectivity index (χ1n) is 10.4. The molecule has 1 fully saturated rings. The largest absolute Gasteiger partial charge is 0.378 e. The van der Waals surface area contributed by atoms with E-state index >= 15 is 0 Å². The third-order valence-corrected chi connectivity index (χ3v) is 6.40. The Hall–Kier alpha value is -0.410. The number of halogens is 1. The number of piperidine rings is 1. The number of nitrogens with one attached hydrogen (secondary N) is 1.